The maximum atomic E-state index is 13.4. The van der Waals surface area contributed by atoms with E-state index in [1.807, 2.05) is 17.5 Å². The molecule has 2 fully saturated rings. The molecule has 5 heteroatoms. The largest absolute Gasteiger partial charge is 0.366 e. The number of amides is 2. The minimum absolute atomic E-state index is 0.0494. The summed E-state index contributed by atoms with van der Waals surface area (Å²) in [6, 6.07) is 4.02. The summed E-state index contributed by atoms with van der Waals surface area (Å²) in [6.45, 7) is 6.22. The Bertz CT molecular complexity index is 708. The topological polar surface area (TPSA) is 40.6 Å². The van der Waals surface area contributed by atoms with Crippen LogP contribution in [0.1, 0.15) is 57.2 Å². The van der Waals surface area contributed by atoms with E-state index in [9.17, 15) is 9.59 Å². The van der Waals surface area contributed by atoms with Gasteiger partial charge >= 0.3 is 0 Å². The standard InChI is InChI=1S/C21H28N2O2S/c1-14-11-15(2)13-22(12-14)19-18(17-9-6-10-26-17)20(24)23(21(19)25)16-7-4-3-5-8-16/h6,9-10,14-16H,3-5,7-8,11-13H2,1-2H3. The molecule has 2 atom stereocenters. The number of carbonyl (C=O) groups is 2. The van der Waals surface area contributed by atoms with Gasteiger partial charge in [-0.25, -0.2) is 0 Å². The van der Waals surface area contributed by atoms with Crippen molar-refractivity contribution in [2.75, 3.05) is 13.1 Å². The second-order valence-corrected chi connectivity index (χ2v) is 9.27. The van der Waals surface area contributed by atoms with Crippen molar-refractivity contribution in [1.82, 2.24) is 9.80 Å². The molecule has 3 aliphatic rings. The molecule has 2 aliphatic heterocycles. The number of piperidine rings is 1. The summed E-state index contributed by atoms with van der Waals surface area (Å²) in [7, 11) is 0. The number of hydrogen-bond donors (Lipinski definition) is 0. The number of hydrogen-bond acceptors (Lipinski definition) is 4. The summed E-state index contributed by atoms with van der Waals surface area (Å²) in [4.78, 5) is 31.5. The van der Waals surface area contributed by atoms with Crippen LogP contribution in [0.3, 0.4) is 0 Å². The fourth-order valence-electron chi connectivity index (χ4n) is 4.99. The first-order valence-electron chi connectivity index (χ1n) is 9.97. The monoisotopic (exact) mass is 372 g/mol. The van der Waals surface area contributed by atoms with Gasteiger partial charge in [0.15, 0.2) is 0 Å². The lowest BCUT2D eigenvalue weighted by Crippen LogP contribution is -2.45. The zero-order valence-corrected chi connectivity index (χ0v) is 16.6. The predicted molar refractivity (Wildman–Crippen MR) is 104 cm³/mol. The van der Waals surface area contributed by atoms with Crippen molar-refractivity contribution in [3.63, 3.8) is 0 Å². The van der Waals surface area contributed by atoms with E-state index in [1.165, 1.54) is 12.8 Å². The third-order valence-corrected chi connectivity index (χ3v) is 6.87. The molecule has 3 heterocycles. The molecule has 1 saturated heterocycles. The molecule has 1 aromatic rings. The van der Waals surface area contributed by atoms with Gasteiger partial charge in [-0.3, -0.25) is 14.5 Å². The molecule has 0 spiro atoms. The van der Waals surface area contributed by atoms with E-state index in [0.29, 0.717) is 23.1 Å². The molecule has 0 N–H and O–H groups in total. The lowest BCUT2D eigenvalue weighted by Gasteiger charge is -2.37. The first-order chi connectivity index (χ1) is 12.6. The summed E-state index contributed by atoms with van der Waals surface area (Å²) in [6.07, 6.45) is 6.54. The van der Waals surface area contributed by atoms with Crippen molar-refractivity contribution in [2.24, 2.45) is 11.8 Å². The molecule has 4 nitrogen and oxygen atoms in total. The Morgan fingerprint density at radius 3 is 2.31 bits per heavy atom. The van der Waals surface area contributed by atoms with Gasteiger partial charge in [-0.1, -0.05) is 39.2 Å². The van der Waals surface area contributed by atoms with Crippen molar-refractivity contribution in [1.29, 1.82) is 0 Å². The quantitative estimate of drug-likeness (QED) is 0.749. The van der Waals surface area contributed by atoms with Crippen molar-refractivity contribution < 1.29 is 9.59 Å². The van der Waals surface area contributed by atoms with Gasteiger partial charge in [-0.05, 0) is 42.5 Å². The highest BCUT2D eigenvalue weighted by atomic mass is 32.1. The number of carbonyl (C=O) groups excluding carboxylic acids is 2. The van der Waals surface area contributed by atoms with Crippen LogP contribution in [0.4, 0.5) is 0 Å². The third-order valence-electron chi connectivity index (χ3n) is 5.98. The molecule has 1 aromatic heterocycles. The summed E-state index contributed by atoms with van der Waals surface area (Å²) in [5.41, 5.74) is 1.32. The minimum Gasteiger partial charge on any atom is -0.366 e. The van der Waals surface area contributed by atoms with Crippen LogP contribution < -0.4 is 0 Å². The van der Waals surface area contributed by atoms with Crippen LogP contribution in [0.25, 0.3) is 5.57 Å². The molecule has 2 unspecified atom stereocenters. The number of imide groups is 1. The molecule has 1 saturated carbocycles. The van der Waals surface area contributed by atoms with Crippen LogP contribution in [0, 0.1) is 11.8 Å². The minimum atomic E-state index is -0.0646. The molecule has 0 aromatic carbocycles. The highest BCUT2D eigenvalue weighted by Crippen LogP contribution is 2.39. The van der Waals surface area contributed by atoms with Gasteiger partial charge in [0.05, 0.1) is 5.57 Å². The molecule has 0 radical (unpaired) electrons. The highest BCUT2D eigenvalue weighted by molar-refractivity contribution is 7.11. The van der Waals surface area contributed by atoms with Crippen molar-refractivity contribution >= 4 is 28.7 Å². The fraction of sp³-hybridized carbons (Fsp3) is 0.619. The van der Waals surface area contributed by atoms with Gasteiger partial charge in [-0.2, -0.15) is 0 Å². The van der Waals surface area contributed by atoms with E-state index in [4.69, 9.17) is 0 Å². The molecule has 140 valence electrons. The second kappa shape index (κ2) is 7.18. The first-order valence-corrected chi connectivity index (χ1v) is 10.8. The highest BCUT2D eigenvalue weighted by Gasteiger charge is 2.46. The molecule has 4 rings (SSSR count). The van der Waals surface area contributed by atoms with E-state index in [0.717, 1.165) is 43.6 Å². The first kappa shape index (κ1) is 17.8. The summed E-state index contributed by atoms with van der Waals surface area (Å²) in [5, 5.41) is 1.99. The van der Waals surface area contributed by atoms with Gasteiger partial charge in [0.1, 0.15) is 5.70 Å². The van der Waals surface area contributed by atoms with Gasteiger partial charge in [0.2, 0.25) is 0 Å². The van der Waals surface area contributed by atoms with Crippen LogP contribution in [0.15, 0.2) is 23.2 Å². The molecular formula is C21H28N2O2S. The average molecular weight is 373 g/mol. The molecule has 2 amide bonds. The Labute approximate surface area is 159 Å². The molecule has 26 heavy (non-hydrogen) atoms. The Kier molecular flexibility index (Phi) is 4.91. The maximum Gasteiger partial charge on any atom is 0.278 e. The van der Waals surface area contributed by atoms with E-state index >= 15 is 0 Å². The summed E-state index contributed by atoms with van der Waals surface area (Å²) < 4.78 is 0. The number of likely N-dealkylation sites (tertiary alicyclic amines) is 1. The summed E-state index contributed by atoms with van der Waals surface area (Å²) >= 11 is 1.56. The van der Waals surface area contributed by atoms with Gasteiger partial charge in [0.25, 0.3) is 11.8 Å². The summed E-state index contributed by atoms with van der Waals surface area (Å²) in [5.74, 6) is 0.974. The predicted octanol–water partition coefficient (Wildman–Crippen LogP) is 4.14. The number of nitrogens with zero attached hydrogens (tertiary/aromatic N) is 2. The number of rotatable bonds is 3. The molecule has 0 bridgehead atoms. The Morgan fingerprint density at radius 2 is 1.69 bits per heavy atom. The van der Waals surface area contributed by atoms with Crippen molar-refractivity contribution in [2.45, 2.75) is 58.4 Å². The smallest absolute Gasteiger partial charge is 0.278 e. The number of thiophene rings is 1. The SMILES string of the molecule is CC1CC(C)CN(C2=C(c3cccs3)C(=O)N(C3CCCCC3)C2=O)C1. The average Bonchev–Trinajstić information content (AvgIpc) is 3.21. The Morgan fingerprint density at radius 1 is 1.00 bits per heavy atom. The Hall–Kier alpha value is -1.62. The van der Waals surface area contributed by atoms with Crippen LogP contribution >= 0.6 is 11.3 Å². The van der Waals surface area contributed by atoms with Crippen LogP contribution in [0.5, 0.6) is 0 Å². The fourth-order valence-corrected chi connectivity index (χ4v) is 5.75. The van der Waals surface area contributed by atoms with E-state index in [-0.39, 0.29) is 17.9 Å². The third kappa shape index (κ3) is 3.11. The van der Waals surface area contributed by atoms with Crippen LogP contribution in [-0.4, -0.2) is 40.7 Å². The van der Waals surface area contributed by atoms with E-state index < -0.39 is 0 Å². The zero-order chi connectivity index (χ0) is 18.3. The van der Waals surface area contributed by atoms with Gasteiger partial charge in [0, 0.05) is 24.0 Å². The van der Waals surface area contributed by atoms with E-state index in [1.54, 1.807) is 16.2 Å². The molecule has 1 aliphatic carbocycles. The van der Waals surface area contributed by atoms with Crippen molar-refractivity contribution in [3.05, 3.63) is 28.1 Å². The van der Waals surface area contributed by atoms with Crippen LogP contribution in [0.2, 0.25) is 0 Å². The normalized spacial score (nSPS) is 28.4. The maximum absolute atomic E-state index is 13.4. The van der Waals surface area contributed by atoms with Gasteiger partial charge < -0.3 is 4.90 Å². The lowest BCUT2D eigenvalue weighted by molar-refractivity contribution is -0.141. The lowest BCUT2D eigenvalue weighted by atomic mass is 9.91. The molecular weight excluding hydrogens is 344 g/mol. The van der Waals surface area contributed by atoms with Crippen LogP contribution in [-0.2, 0) is 9.59 Å². The van der Waals surface area contributed by atoms with E-state index in [2.05, 4.69) is 18.7 Å². The Balaban J connectivity index is 1.73. The van der Waals surface area contributed by atoms with Gasteiger partial charge in [-0.15, -0.1) is 11.3 Å². The van der Waals surface area contributed by atoms with Crippen molar-refractivity contribution in [3.8, 4) is 0 Å². The second-order valence-electron chi connectivity index (χ2n) is 8.32. The zero-order valence-electron chi connectivity index (χ0n) is 15.7.